The lowest BCUT2D eigenvalue weighted by molar-refractivity contribution is -0.155. The number of carboxylic acids is 1. The monoisotopic (exact) mass is 295 g/mol. The van der Waals surface area contributed by atoms with Gasteiger partial charge in [0.15, 0.2) is 0 Å². The molecule has 4 heteroatoms. The Balaban J connectivity index is 1.98. The number of hydrogen-bond donors (Lipinski definition) is 1. The zero-order valence-corrected chi connectivity index (χ0v) is 13.4. The number of amides is 1. The third kappa shape index (κ3) is 3.41. The van der Waals surface area contributed by atoms with E-state index in [1.807, 2.05) is 18.7 Å². The van der Waals surface area contributed by atoms with Gasteiger partial charge >= 0.3 is 5.97 Å². The summed E-state index contributed by atoms with van der Waals surface area (Å²) in [6, 6.07) is 0. The topological polar surface area (TPSA) is 57.6 Å². The van der Waals surface area contributed by atoms with Gasteiger partial charge in [-0.2, -0.15) is 0 Å². The summed E-state index contributed by atoms with van der Waals surface area (Å²) in [6.45, 7) is 5.42. The quantitative estimate of drug-likeness (QED) is 0.846. The number of carbonyl (C=O) groups is 2. The van der Waals surface area contributed by atoms with Gasteiger partial charge in [0, 0.05) is 19.5 Å². The third-order valence-electron chi connectivity index (χ3n) is 5.94. The molecule has 21 heavy (non-hydrogen) atoms. The average Bonchev–Trinajstić information content (AvgIpc) is 2.51. The lowest BCUT2D eigenvalue weighted by atomic mass is 9.74. The fourth-order valence-electron chi connectivity index (χ4n) is 4.11. The Morgan fingerprint density at radius 1 is 1.10 bits per heavy atom. The number of carboxylic acid groups (broad SMARTS) is 1. The van der Waals surface area contributed by atoms with Crippen molar-refractivity contribution >= 4 is 11.9 Å². The highest BCUT2D eigenvalue weighted by Gasteiger charge is 2.40. The number of hydrogen-bond acceptors (Lipinski definition) is 2. The maximum atomic E-state index is 12.6. The van der Waals surface area contributed by atoms with Crippen molar-refractivity contribution in [2.24, 2.45) is 17.3 Å². The molecular formula is C17H29NO3. The number of piperidine rings is 1. The molecule has 0 bridgehead atoms. The van der Waals surface area contributed by atoms with Gasteiger partial charge in [-0.15, -0.1) is 0 Å². The van der Waals surface area contributed by atoms with E-state index in [4.69, 9.17) is 0 Å². The van der Waals surface area contributed by atoms with E-state index in [2.05, 4.69) is 0 Å². The molecule has 0 spiro atoms. The summed E-state index contributed by atoms with van der Waals surface area (Å²) in [7, 11) is 0. The summed E-state index contributed by atoms with van der Waals surface area (Å²) in [4.78, 5) is 26.1. The largest absolute Gasteiger partial charge is 0.481 e. The smallest absolute Gasteiger partial charge is 0.310 e. The van der Waals surface area contributed by atoms with Crippen LogP contribution in [0, 0.1) is 17.3 Å². The Morgan fingerprint density at radius 3 is 2.29 bits per heavy atom. The first-order valence-corrected chi connectivity index (χ1v) is 8.53. The van der Waals surface area contributed by atoms with Gasteiger partial charge in [0.05, 0.1) is 5.41 Å². The molecule has 1 saturated carbocycles. The molecule has 2 atom stereocenters. The van der Waals surface area contributed by atoms with E-state index in [1.54, 1.807) is 0 Å². The summed E-state index contributed by atoms with van der Waals surface area (Å²) in [5.74, 6) is 0.668. The predicted molar refractivity (Wildman–Crippen MR) is 81.9 cm³/mol. The number of fused-ring (bicyclic) bond motifs is 1. The number of aliphatic carboxylic acids is 1. The molecule has 1 aliphatic carbocycles. The number of likely N-dealkylation sites (tertiary alicyclic amines) is 1. The van der Waals surface area contributed by atoms with Crippen LogP contribution in [0.25, 0.3) is 0 Å². The fraction of sp³-hybridized carbons (Fsp3) is 0.882. The fourth-order valence-corrected chi connectivity index (χ4v) is 4.11. The normalized spacial score (nSPS) is 26.3. The Kier molecular flexibility index (Phi) is 5.28. The minimum absolute atomic E-state index is 0.0464. The second-order valence-corrected chi connectivity index (χ2v) is 6.90. The van der Waals surface area contributed by atoms with Gasteiger partial charge in [-0.05, 0) is 37.5 Å². The van der Waals surface area contributed by atoms with Gasteiger partial charge in [0.25, 0.3) is 0 Å². The maximum Gasteiger partial charge on any atom is 0.310 e. The summed E-state index contributed by atoms with van der Waals surface area (Å²) in [5.41, 5.74) is -0.875. The Hall–Kier alpha value is -1.06. The first-order valence-electron chi connectivity index (χ1n) is 8.53. The van der Waals surface area contributed by atoms with E-state index in [0.717, 1.165) is 25.4 Å². The second-order valence-electron chi connectivity index (χ2n) is 6.90. The molecule has 1 aliphatic heterocycles. The Morgan fingerprint density at radius 2 is 1.71 bits per heavy atom. The van der Waals surface area contributed by atoms with Gasteiger partial charge in [0.1, 0.15) is 0 Å². The van der Waals surface area contributed by atoms with Crippen LogP contribution in [0.3, 0.4) is 0 Å². The highest BCUT2D eigenvalue weighted by Crippen LogP contribution is 2.37. The molecule has 1 N–H and O–H groups in total. The zero-order valence-electron chi connectivity index (χ0n) is 13.4. The average molecular weight is 295 g/mol. The van der Waals surface area contributed by atoms with Crippen LogP contribution in [0.1, 0.15) is 65.2 Å². The Bertz CT molecular complexity index is 389. The van der Waals surface area contributed by atoms with E-state index in [9.17, 15) is 14.7 Å². The van der Waals surface area contributed by atoms with Crippen LogP contribution in [-0.2, 0) is 9.59 Å². The molecule has 0 radical (unpaired) electrons. The first kappa shape index (κ1) is 16.3. The molecule has 1 heterocycles. The summed E-state index contributed by atoms with van der Waals surface area (Å²) < 4.78 is 0. The zero-order chi connectivity index (χ0) is 15.5. The van der Waals surface area contributed by atoms with Crippen LogP contribution in [0.2, 0.25) is 0 Å². The van der Waals surface area contributed by atoms with Crippen LogP contribution < -0.4 is 0 Å². The lowest BCUT2D eigenvalue weighted by Gasteiger charge is -2.42. The molecule has 1 amide bonds. The number of nitrogens with zero attached hydrogens (tertiary/aromatic N) is 1. The maximum absolute atomic E-state index is 12.6. The lowest BCUT2D eigenvalue weighted by Crippen LogP contribution is -2.47. The summed E-state index contributed by atoms with van der Waals surface area (Å²) in [6.07, 6.45) is 7.47. The Labute approximate surface area is 127 Å². The van der Waals surface area contributed by atoms with E-state index in [-0.39, 0.29) is 12.3 Å². The SMILES string of the molecule is CCC(CC)(CC(=O)N1CCC2CCCCC2C1)C(=O)O. The molecule has 0 aromatic rings. The van der Waals surface area contributed by atoms with Gasteiger partial charge in [-0.1, -0.05) is 33.1 Å². The minimum Gasteiger partial charge on any atom is -0.481 e. The minimum atomic E-state index is -0.875. The molecule has 0 aromatic carbocycles. The predicted octanol–water partition coefficient (Wildman–Crippen LogP) is 3.31. The van der Waals surface area contributed by atoms with E-state index >= 15 is 0 Å². The summed E-state index contributed by atoms with van der Waals surface area (Å²) in [5, 5.41) is 9.49. The van der Waals surface area contributed by atoms with Crippen molar-refractivity contribution in [3.8, 4) is 0 Å². The van der Waals surface area contributed by atoms with Crippen molar-refractivity contribution in [3.05, 3.63) is 0 Å². The van der Waals surface area contributed by atoms with Crippen LogP contribution in [0.5, 0.6) is 0 Å². The standard InChI is InChI=1S/C17H29NO3/c1-3-17(4-2,16(20)21)11-15(19)18-10-9-13-7-5-6-8-14(13)12-18/h13-14H,3-12H2,1-2H3,(H,20,21). The molecule has 2 aliphatic rings. The molecule has 2 rings (SSSR count). The molecular weight excluding hydrogens is 266 g/mol. The van der Waals surface area contributed by atoms with Gasteiger partial charge < -0.3 is 10.0 Å². The van der Waals surface area contributed by atoms with E-state index in [0.29, 0.717) is 18.8 Å². The van der Waals surface area contributed by atoms with E-state index < -0.39 is 11.4 Å². The molecule has 2 unspecified atom stereocenters. The highest BCUT2D eigenvalue weighted by molar-refractivity contribution is 5.85. The number of rotatable bonds is 5. The first-order chi connectivity index (χ1) is 10.0. The van der Waals surface area contributed by atoms with Crippen molar-refractivity contribution in [1.29, 1.82) is 0 Å². The van der Waals surface area contributed by atoms with Crippen LogP contribution in [-0.4, -0.2) is 35.0 Å². The van der Waals surface area contributed by atoms with Crippen LogP contribution in [0.15, 0.2) is 0 Å². The summed E-state index contributed by atoms with van der Waals surface area (Å²) >= 11 is 0. The third-order valence-corrected chi connectivity index (χ3v) is 5.94. The van der Waals surface area contributed by atoms with Crippen molar-refractivity contribution in [3.63, 3.8) is 0 Å². The molecule has 2 fully saturated rings. The van der Waals surface area contributed by atoms with Crippen LogP contribution >= 0.6 is 0 Å². The molecule has 120 valence electrons. The molecule has 4 nitrogen and oxygen atoms in total. The van der Waals surface area contributed by atoms with Gasteiger partial charge in [-0.3, -0.25) is 9.59 Å². The van der Waals surface area contributed by atoms with Gasteiger partial charge in [0.2, 0.25) is 5.91 Å². The van der Waals surface area contributed by atoms with Crippen molar-refractivity contribution in [2.75, 3.05) is 13.1 Å². The number of carbonyl (C=O) groups excluding carboxylic acids is 1. The highest BCUT2D eigenvalue weighted by atomic mass is 16.4. The molecule has 1 saturated heterocycles. The van der Waals surface area contributed by atoms with Crippen molar-refractivity contribution in [1.82, 2.24) is 4.90 Å². The second kappa shape index (κ2) is 6.80. The van der Waals surface area contributed by atoms with E-state index in [1.165, 1.54) is 25.7 Å². The molecule has 0 aromatic heterocycles. The van der Waals surface area contributed by atoms with Crippen LogP contribution in [0.4, 0.5) is 0 Å². The van der Waals surface area contributed by atoms with Crippen molar-refractivity contribution in [2.45, 2.75) is 65.2 Å². The van der Waals surface area contributed by atoms with Gasteiger partial charge in [-0.25, -0.2) is 0 Å². The van der Waals surface area contributed by atoms with Crippen molar-refractivity contribution < 1.29 is 14.7 Å².